The topological polar surface area (TPSA) is 22.1 Å². The molecule has 0 N–H and O–H groups in total. The van der Waals surface area contributed by atoms with E-state index in [1.54, 1.807) is 13.3 Å². The van der Waals surface area contributed by atoms with Crippen LogP contribution in [0.1, 0.15) is 45.6 Å². The van der Waals surface area contributed by atoms with Crippen LogP contribution >= 0.6 is 0 Å². The van der Waals surface area contributed by atoms with Gasteiger partial charge in [-0.3, -0.25) is 4.98 Å². The Balaban J connectivity index is 3.00. The Kier molecular flexibility index (Phi) is 4.13. The van der Waals surface area contributed by atoms with Crippen LogP contribution in [0.4, 0.5) is 0 Å². The van der Waals surface area contributed by atoms with Crippen LogP contribution in [0.2, 0.25) is 0 Å². The van der Waals surface area contributed by atoms with E-state index in [1.165, 1.54) is 18.4 Å². The monoisotopic (exact) mass is 207 g/mol. The molecular formula is C13H21NO. The van der Waals surface area contributed by atoms with E-state index in [2.05, 4.69) is 31.8 Å². The fourth-order valence-electron chi connectivity index (χ4n) is 1.94. The van der Waals surface area contributed by atoms with Crippen molar-refractivity contribution in [2.45, 2.75) is 45.4 Å². The molecule has 0 aliphatic rings. The molecular weight excluding hydrogens is 186 g/mol. The maximum absolute atomic E-state index is 5.21. The van der Waals surface area contributed by atoms with Crippen molar-refractivity contribution in [3.8, 4) is 5.75 Å². The second-order valence-electron chi connectivity index (χ2n) is 4.28. The second kappa shape index (κ2) is 5.15. The fourth-order valence-corrected chi connectivity index (χ4v) is 1.94. The maximum atomic E-state index is 5.21. The van der Waals surface area contributed by atoms with Gasteiger partial charge in [-0.15, -0.1) is 0 Å². The van der Waals surface area contributed by atoms with Crippen LogP contribution in [0.3, 0.4) is 0 Å². The minimum atomic E-state index is 0.232. The number of hydrogen-bond donors (Lipinski definition) is 0. The van der Waals surface area contributed by atoms with Gasteiger partial charge in [-0.2, -0.15) is 0 Å². The van der Waals surface area contributed by atoms with E-state index in [1.807, 2.05) is 6.20 Å². The number of ether oxygens (including phenoxy) is 1. The van der Waals surface area contributed by atoms with Crippen molar-refractivity contribution in [1.29, 1.82) is 0 Å². The zero-order valence-electron chi connectivity index (χ0n) is 10.2. The Morgan fingerprint density at radius 1 is 1.33 bits per heavy atom. The van der Waals surface area contributed by atoms with Gasteiger partial charge in [-0.05, 0) is 29.9 Å². The highest BCUT2D eigenvalue weighted by atomic mass is 16.5. The molecule has 0 saturated heterocycles. The van der Waals surface area contributed by atoms with Gasteiger partial charge in [0.15, 0.2) is 0 Å². The molecule has 0 fully saturated rings. The average molecular weight is 207 g/mol. The SMILES string of the molecule is CCCC(C)(CC)c1cncc(OC)c1. The van der Waals surface area contributed by atoms with E-state index in [0.29, 0.717) is 0 Å². The Labute approximate surface area is 92.7 Å². The summed E-state index contributed by atoms with van der Waals surface area (Å²) in [4.78, 5) is 4.23. The predicted molar refractivity (Wildman–Crippen MR) is 63.3 cm³/mol. The molecule has 0 aromatic carbocycles. The van der Waals surface area contributed by atoms with Gasteiger partial charge in [0.05, 0.1) is 13.3 Å². The smallest absolute Gasteiger partial charge is 0.137 e. The van der Waals surface area contributed by atoms with Crippen LogP contribution in [0, 0.1) is 0 Å². The summed E-state index contributed by atoms with van der Waals surface area (Å²) in [5, 5.41) is 0. The minimum absolute atomic E-state index is 0.232. The summed E-state index contributed by atoms with van der Waals surface area (Å²) >= 11 is 0. The van der Waals surface area contributed by atoms with E-state index in [4.69, 9.17) is 4.74 Å². The normalized spacial score (nSPS) is 14.7. The van der Waals surface area contributed by atoms with E-state index in [0.717, 1.165) is 12.2 Å². The van der Waals surface area contributed by atoms with E-state index >= 15 is 0 Å². The molecule has 1 rings (SSSR count). The molecule has 0 spiro atoms. The first kappa shape index (κ1) is 12.0. The van der Waals surface area contributed by atoms with Crippen LogP contribution in [-0.2, 0) is 5.41 Å². The Hall–Kier alpha value is -1.05. The van der Waals surface area contributed by atoms with Gasteiger partial charge in [0.25, 0.3) is 0 Å². The van der Waals surface area contributed by atoms with Crippen molar-refractivity contribution >= 4 is 0 Å². The Morgan fingerprint density at radius 3 is 2.60 bits per heavy atom. The lowest BCUT2D eigenvalue weighted by Crippen LogP contribution is -2.20. The first-order valence-corrected chi connectivity index (χ1v) is 5.65. The quantitative estimate of drug-likeness (QED) is 0.736. The van der Waals surface area contributed by atoms with Gasteiger partial charge in [0.2, 0.25) is 0 Å². The predicted octanol–water partition coefficient (Wildman–Crippen LogP) is 3.56. The molecule has 1 atom stereocenters. The third-order valence-electron chi connectivity index (χ3n) is 3.23. The number of pyridine rings is 1. The Bertz CT molecular complexity index is 311. The molecule has 1 aromatic heterocycles. The molecule has 0 bridgehead atoms. The van der Waals surface area contributed by atoms with Crippen LogP contribution in [0.15, 0.2) is 18.5 Å². The van der Waals surface area contributed by atoms with Gasteiger partial charge < -0.3 is 4.74 Å². The zero-order chi connectivity index (χ0) is 11.3. The van der Waals surface area contributed by atoms with Gasteiger partial charge in [-0.25, -0.2) is 0 Å². The summed E-state index contributed by atoms with van der Waals surface area (Å²) in [5.41, 5.74) is 1.52. The molecule has 0 saturated carbocycles. The Morgan fingerprint density at radius 2 is 2.07 bits per heavy atom. The molecule has 2 heteroatoms. The summed E-state index contributed by atoms with van der Waals surface area (Å²) in [7, 11) is 1.68. The molecule has 2 nitrogen and oxygen atoms in total. The highest BCUT2D eigenvalue weighted by Gasteiger charge is 2.24. The number of methoxy groups -OCH3 is 1. The van der Waals surface area contributed by atoms with Crippen molar-refractivity contribution in [1.82, 2.24) is 4.98 Å². The molecule has 1 heterocycles. The summed E-state index contributed by atoms with van der Waals surface area (Å²) in [6, 6.07) is 2.10. The van der Waals surface area contributed by atoms with Crippen LogP contribution in [-0.4, -0.2) is 12.1 Å². The molecule has 15 heavy (non-hydrogen) atoms. The van der Waals surface area contributed by atoms with Crippen molar-refractivity contribution in [3.63, 3.8) is 0 Å². The standard InChI is InChI=1S/C13H21NO/c1-5-7-13(3,6-2)11-8-12(15-4)10-14-9-11/h8-10H,5-7H2,1-4H3. The van der Waals surface area contributed by atoms with E-state index in [-0.39, 0.29) is 5.41 Å². The molecule has 1 unspecified atom stereocenters. The largest absolute Gasteiger partial charge is 0.495 e. The van der Waals surface area contributed by atoms with Gasteiger partial charge in [-0.1, -0.05) is 27.2 Å². The second-order valence-corrected chi connectivity index (χ2v) is 4.28. The molecule has 1 aromatic rings. The molecule has 0 radical (unpaired) electrons. The first-order valence-electron chi connectivity index (χ1n) is 5.65. The van der Waals surface area contributed by atoms with E-state index in [9.17, 15) is 0 Å². The molecule has 84 valence electrons. The van der Waals surface area contributed by atoms with Gasteiger partial charge in [0, 0.05) is 6.20 Å². The number of nitrogens with zero attached hydrogens (tertiary/aromatic N) is 1. The van der Waals surface area contributed by atoms with Crippen molar-refractivity contribution in [2.24, 2.45) is 0 Å². The first-order chi connectivity index (χ1) is 7.16. The van der Waals surface area contributed by atoms with Gasteiger partial charge in [0.1, 0.15) is 5.75 Å². The number of rotatable bonds is 5. The summed E-state index contributed by atoms with van der Waals surface area (Å²) < 4.78 is 5.21. The van der Waals surface area contributed by atoms with Crippen LogP contribution in [0.5, 0.6) is 5.75 Å². The maximum Gasteiger partial charge on any atom is 0.137 e. The molecule has 0 aliphatic heterocycles. The van der Waals surface area contributed by atoms with E-state index < -0.39 is 0 Å². The lowest BCUT2D eigenvalue weighted by molar-refractivity contribution is 0.394. The van der Waals surface area contributed by atoms with Crippen molar-refractivity contribution in [3.05, 3.63) is 24.0 Å². The summed E-state index contributed by atoms with van der Waals surface area (Å²) in [5.74, 6) is 0.850. The summed E-state index contributed by atoms with van der Waals surface area (Å²) in [6.45, 7) is 6.75. The highest BCUT2D eigenvalue weighted by Crippen LogP contribution is 2.33. The van der Waals surface area contributed by atoms with Crippen LogP contribution < -0.4 is 4.74 Å². The lowest BCUT2D eigenvalue weighted by Gasteiger charge is -2.28. The number of hydrogen-bond acceptors (Lipinski definition) is 2. The zero-order valence-corrected chi connectivity index (χ0v) is 10.2. The fraction of sp³-hybridized carbons (Fsp3) is 0.615. The van der Waals surface area contributed by atoms with Gasteiger partial charge >= 0.3 is 0 Å². The van der Waals surface area contributed by atoms with Crippen LogP contribution in [0.25, 0.3) is 0 Å². The highest BCUT2D eigenvalue weighted by molar-refractivity contribution is 5.29. The molecule has 0 amide bonds. The summed E-state index contributed by atoms with van der Waals surface area (Å²) in [6.07, 6.45) is 7.24. The third-order valence-corrected chi connectivity index (χ3v) is 3.23. The molecule has 0 aliphatic carbocycles. The lowest BCUT2D eigenvalue weighted by atomic mass is 9.77. The average Bonchev–Trinajstić information content (AvgIpc) is 2.29. The van der Waals surface area contributed by atoms with Crippen molar-refractivity contribution in [2.75, 3.05) is 7.11 Å². The minimum Gasteiger partial charge on any atom is -0.495 e. The third kappa shape index (κ3) is 2.71. The van der Waals surface area contributed by atoms with Crippen molar-refractivity contribution < 1.29 is 4.74 Å². The number of aromatic nitrogens is 1.